The number of aromatic nitrogens is 3. The summed E-state index contributed by atoms with van der Waals surface area (Å²) < 4.78 is 6.17. The number of rotatable bonds is 5. The Balaban J connectivity index is 1.76. The van der Waals surface area contributed by atoms with Crippen molar-refractivity contribution in [2.75, 3.05) is 0 Å². The molecule has 0 aliphatic carbocycles. The largest absolute Gasteiger partial charge is 0.453 e. The molecule has 0 saturated heterocycles. The van der Waals surface area contributed by atoms with E-state index in [1.54, 1.807) is 6.92 Å². The number of aromatic amines is 2. The van der Waals surface area contributed by atoms with E-state index in [9.17, 15) is 19.2 Å². The van der Waals surface area contributed by atoms with Crippen LogP contribution in [0.5, 0.6) is 0 Å². The number of fused-ring (bicyclic) bond motifs is 1. The van der Waals surface area contributed by atoms with E-state index in [2.05, 4.69) is 4.98 Å². The second kappa shape index (κ2) is 6.83. The van der Waals surface area contributed by atoms with E-state index in [1.807, 2.05) is 29.2 Å². The first-order valence-corrected chi connectivity index (χ1v) is 7.97. The van der Waals surface area contributed by atoms with E-state index in [0.717, 1.165) is 21.5 Å². The molecule has 0 fully saturated rings. The number of nitrogens with one attached hydrogen (secondary N) is 2. The van der Waals surface area contributed by atoms with Crippen molar-refractivity contribution in [1.82, 2.24) is 14.5 Å². The highest BCUT2D eigenvalue weighted by Crippen LogP contribution is 2.23. The van der Waals surface area contributed by atoms with E-state index in [4.69, 9.17) is 4.74 Å². The number of esters is 1. The van der Waals surface area contributed by atoms with E-state index in [0.29, 0.717) is 11.3 Å². The summed E-state index contributed by atoms with van der Waals surface area (Å²) in [5.41, 5.74) is 0.712. The third-order valence-electron chi connectivity index (χ3n) is 4.01. The summed E-state index contributed by atoms with van der Waals surface area (Å²) in [6.45, 7) is 2.86. The first kappa shape index (κ1) is 17.4. The lowest BCUT2D eigenvalue weighted by Gasteiger charge is -2.13. The number of ketones is 1. The predicted octanol–water partition coefficient (Wildman–Crippen LogP) is 1.14. The molecule has 0 bridgehead atoms. The Labute approximate surface area is 147 Å². The molecule has 8 heteroatoms. The van der Waals surface area contributed by atoms with Crippen molar-refractivity contribution in [2.45, 2.75) is 26.5 Å². The smallest absolute Gasteiger partial charge is 0.328 e. The number of benzene rings is 1. The Hall–Kier alpha value is -3.42. The summed E-state index contributed by atoms with van der Waals surface area (Å²) in [5, 5.41) is 0.759. The van der Waals surface area contributed by atoms with Crippen molar-refractivity contribution in [1.29, 1.82) is 0 Å². The maximum Gasteiger partial charge on any atom is 0.328 e. The average Bonchev–Trinajstić information content (AvgIpc) is 2.92. The minimum absolute atomic E-state index is 0.331. The molecule has 3 aromatic rings. The normalized spacial score (nSPS) is 12.1. The third-order valence-corrected chi connectivity index (χ3v) is 4.01. The van der Waals surface area contributed by atoms with Gasteiger partial charge in [0.05, 0.1) is 0 Å². The summed E-state index contributed by atoms with van der Waals surface area (Å²) in [6, 6.07) is 8.49. The number of ether oxygens (including phenoxy) is 1. The van der Waals surface area contributed by atoms with Gasteiger partial charge in [-0.15, -0.1) is 0 Å². The van der Waals surface area contributed by atoms with Crippen LogP contribution in [-0.4, -0.2) is 32.4 Å². The van der Waals surface area contributed by atoms with Gasteiger partial charge >= 0.3 is 11.7 Å². The van der Waals surface area contributed by atoms with Gasteiger partial charge in [-0.2, -0.15) is 0 Å². The van der Waals surface area contributed by atoms with E-state index in [-0.39, 0.29) is 5.78 Å². The summed E-state index contributed by atoms with van der Waals surface area (Å²) in [6.07, 6.45) is 0.178. The van der Waals surface area contributed by atoms with Crippen LogP contribution in [0.1, 0.15) is 23.0 Å². The summed E-state index contributed by atoms with van der Waals surface area (Å²) >= 11 is 0. The summed E-state index contributed by atoms with van der Waals surface area (Å²) in [7, 11) is 0. The van der Waals surface area contributed by atoms with E-state index >= 15 is 0 Å². The zero-order chi connectivity index (χ0) is 18.8. The predicted molar refractivity (Wildman–Crippen MR) is 94.2 cm³/mol. The molecule has 2 heterocycles. The number of Topliss-reactive ketones (excluding diaryl/α,β-unsaturated/α-hetero) is 1. The first-order chi connectivity index (χ1) is 12.4. The van der Waals surface area contributed by atoms with Crippen LogP contribution in [0.15, 0.2) is 46.1 Å². The van der Waals surface area contributed by atoms with Crippen molar-refractivity contribution in [3.8, 4) is 0 Å². The molecule has 0 saturated carbocycles. The molecule has 0 unspecified atom stereocenters. The maximum atomic E-state index is 12.7. The number of H-pyrrole nitrogens is 2. The average molecular weight is 355 g/mol. The number of hydrogen-bond donors (Lipinski definition) is 2. The van der Waals surface area contributed by atoms with Gasteiger partial charge in [-0.3, -0.25) is 23.9 Å². The molecule has 0 radical (unpaired) electrons. The lowest BCUT2D eigenvalue weighted by Crippen LogP contribution is -2.33. The Morgan fingerprint density at radius 1 is 1.15 bits per heavy atom. The molecular formula is C18H17N3O5. The van der Waals surface area contributed by atoms with E-state index in [1.165, 1.54) is 13.1 Å². The second-order valence-electron chi connectivity index (χ2n) is 5.90. The number of carbonyl (C=O) groups is 2. The fourth-order valence-corrected chi connectivity index (χ4v) is 2.79. The van der Waals surface area contributed by atoms with Crippen molar-refractivity contribution in [3.63, 3.8) is 0 Å². The quantitative estimate of drug-likeness (QED) is 0.526. The summed E-state index contributed by atoms with van der Waals surface area (Å²) in [5.74, 6) is -1.08. The van der Waals surface area contributed by atoms with Gasteiger partial charge in [-0.05, 0) is 19.9 Å². The second-order valence-corrected chi connectivity index (χ2v) is 5.90. The molecule has 134 valence electrons. The molecule has 2 N–H and O–H groups in total. The molecule has 3 rings (SSSR count). The minimum atomic E-state index is -1.01. The zero-order valence-electron chi connectivity index (χ0n) is 14.2. The van der Waals surface area contributed by atoms with Gasteiger partial charge in [-0.25, -0.2) is 4.79 Å². The monoisotopic (exact) mass is 355 g/mol. The highest BCUT2D eigenvalue weighted by molar-refractivity contribution is 6.11. The molecule has 8 nitrogen and oxygen atoms in total. The van der Waals surface area contributed by atoms with Gasteiger partial charge < -0.3 is 9.72 Å². The Morgan fingerprint density at radius 3 is 2.62 bits per heavy atom. The molecule has 0 amide bonds. The molecule has 2 aromatic heterocycles. The standard InChI is InChI=1S/C18H17N3O5/c1-10-16(12-5-3-4-6-13(12)19-10)17(24)11(2)26-15(23)9-21-8-7-14(22)20-18(21)25/h3-8,11,19H,9H2,1-2H3,(H,20,22,25)/t11-/m0/s1. The van der Waals surface area contributed by atoms with Crippen LogP contribution in [0, 0.1) is 6.92 Å². The van der Waals surface area contributed by atoms with Crippen LogP contribution in [0.2, 0.25) is 0 Å². The first-order valence-electron chi connectivity index (χ1n) is 7.97. The topological polar surface area (TPSA) is 114 Å². The van der Waals surface area contributed by atoms with Gasteiger partial charge in [0.2, 0.25) is 5.78 Å². The van der Waals surface area contributed by atoms with Crippen molar-refractivity contribution < 1.29 is 14.3 Å². The highest BCUT2D eigenvalue weighted by Gasteiger charge is 2.24. The lowest BCUT2D eigenvalue weighted by atomic mass is 10.0. The Bertz CT molecular complexity index is 1110. The van der Waals surface area contributed by atoms with Gasteiger partial charge in [0.25, 0.3) is 5.56 Å². The number of aryl methyl sites for hydroxylation is 1. The fraction of sp³-hybridized carbons (Fsp3) is 0.222. The highest BCUT2D eigenvalue weighted by atomic mass is 16.5. The fourth-order valence-electron chi connectivity index (χ4n) is 2.79. The summed E-state index contributed by atoms with van der Waals surface area (Å²) in [4.78, 5) is 52.6. The van der Waals surface area contributed by atoms with Gasteiger partial charge in [-0.1, -0.05) is 18.2 Å². The Morgan fingerprint density at radius 2 is 1.88 bits per heavy atom. The maximum absolute atomic E-state index is 12.7. The number of nitrogens with zero attached hydrogens (tertiary/aromatic N) is 1. The third kappa shape index (κ3) is 3.34. The van der Waals surface area contributed by atoms with Crippen LogP contribution >= 0.6 is 0 Å². The van der Waals surface area contributed by atoms with Crippen LogP contribution < -0.4 is 11.2 Å². The van der Waals surface area contributed by atoms with Crippen LogP contribution in [-0.2, 0) is 16.1 Å². The molecule has 1 atom stereocenters. The molecule has 0 aliphatic heterocycles. The van der Waals surface area contributed by atoms with Crippen LogP contribution in [0.4, 0.5) is 0 Å². The molecule has 0 aliphatic rings. The van der Waals surface area contributed by atoms with Gasteiger partial charge in [0, 0.05) is 34.4 Å². The molecule has 1 aromatic carbocycles. The van der Waals surface area contributed by atoms with Gasteiger partial charge in [0.1, 0.15) is 6.54 Å². The number of para-hydroxylation sites is 1. The van der Waals surface area contributed by atoms with Crippen LogP contribution in [0.25, 0.3) is 10.9 Å². The number of hydrogen-bond acceptors (Lipinski definition) is 5. The van der Waals surface area contributed by atoms with E-state index < -0.39 is 29.9 Å². The van der Waals surface area contributed by atoms with Crippen molar-refractivity contribution >= 4 is 22.7 Å². The molecular weight excluding hydrogens is 338 g/mol. The van der Waals surface area contributed by atoms with Crippen LogP contribution in [0.3, 0.4) is 0 Å². The van der Waals surface area contributed by atoms with Gasteiger partial charge in [0.15, 0.2) is 6.10 Å². The van der Waals surface area contributed by atoms with Crippen molar-refractivity contribution in [2.24, 2.45) is 0 Å². The molecule has 0 spiro atoms. The molecule has 26 heavy (non-hydrogen) atoms. The number of carbonyl (C=O) groups excluding carboxylic acids is 2. The SMILES string of the molecule is Cc1[nH]c2ccccc2c1C(=O)[C@H](C)OC(=O)Cn1ccc(=O)[nH]c1=O. The Kier molecular flexibility index (Phi) is 4.57. The zero-order valence-corrected chi connectivity index (χ0v) is 14.2. The minimum Gasteiger partial charge on any atom is -0.453 e. The lowest BCUT2D eigenvalue weighted by molar-refractivity contribution is -0.147. The van der Waals surface area contributed by atoms with Crippen molar-refractivity contribution in [3.05, 3.63) is 68.6 Å².